The molecule has 1 aliphatic carbocycles. The van der Waals surface area contributed by atoms with Crippen LogP contribution >= 0.6 is 0 Å². The second kappa shape index (κ2) is 16.7. The van der Waals surface area contributed by atoms with Crippen molar-refractivity contribution in [3.05, 3.63) is 54.4 Å². The van der Waals surface area contributed by atoms with Crippen molar-refractivity contribution in [2.24, 2.45) is 17.6 Å². The van der Waals surface area contributed by atoms with Crippen LogP contribution in [0.1, 0.15) is 91.5 Å². The van der Waals surface area contributed by atoms with Gasteiger partial charge in [0.25, 0.3) is 0 Å². The van der Waals surface area contributed by atoms with E-state index in [1.807, 2.05) is 44.5 Å². The van der Waals surface area contributed by atoms with Crippen molar-refractivity contribution in [2.45, 2.75) is 92.0 Å². The number of hydrogen-bond donors (Lipinski definition) is 2. The average molecular weight is 547 g/mol. The molecule has 7 heteroatoms. The summed E-state index contributed by atoms with van der Waals surface area (Å²) < 4.78 is 1.85. The Balaban J connectivity index is 0.000000314. The number of anilines is 1. The van der Waals surface area contributed by atoms with Gasteiger partial charge in [-0.2, -0.15) is 10.4 Å². The zero-order chi connectivity index (χ0) is 29.7. The molecular weight excluding hydrogens is 496 g/mol. The van der Waals surface area contributed by atoms with Crippen molar-refractivity contribution < 1.29 is 4.79 Å². The van der Waals surface area contributed by atoms with Crippen molar-refractivity contribution in [3.63, 3.8) is 0 Å². The van der Waals surface area contributed by atoms with Gasteiger partial charge in [-0.25, -0.2) is 4.52 Å². The second-order valence-corrected chi connectivity index (χ2v) is 10.5. The average Bonchev–Trinajstić information content (AvgIpc) is 3.46. The summed E-state index contributed by atoms with van der Waals surface area (Å²) in [6.07, 6.45) is 9.63. The third kappa shape index (κ3) is 8.82. The first-order valence-corrected chi connectivity index (χ1v) is 15.1. The fourth-order valence-electron chi connectivity index (χ4n) is 5.39. The van der Waals surface area contributed by atoms with Crippen LogP contribution in [0.5, 0.6) is 0 Å². The Labute approximate surface area is 241 Å². The van der Waals surface area contributed by atoms with Crippen LogP contribution in [0.3, 0.4) is 0 Å². The predicted molar refractivity (Wildman–Crippen MR) is 167 cm³/mol. The summed E-state index contributed by atoms with van der Waals surface area (Å²) in [5, 5.41) is 12.9. The number of amides is 1. The topological polar surface area (TPSA) is 113 Å². The molecule has 1 amide bonds. The third-order valence-electron chi connectivity index (χ3n) is 7.75. The Morgan fingerprint density at radius 2 is 1.65 bits per heavy atom. The Morgan fingerprint density at radius 3 is 2.20 bits per heavy atom. The predicted octanol–water partition coefficient (Wildman–Crippen LogP) is 7.03. The minimum atomic E-state index is -0.207. The molecule has 218 valence electrons. The monoisotopic (exact) mass is 546 g/mol. The number of primary amides is 1. The summed E-state index contributed by atoms with van der Waals surface area (Å²) in [5.74, 6) is 0.627. The number of nitrogen functional groups attached to an aromatic ring is 1. The molecule has 0 unspecified atom stereocenters. The molecule has 0 spiro atoms. The molecule has 2 fully saturated rings. The fraction of sp³-hybridized carbons (Fsp3) is 0.545. The lowest BCUT2D eigenvalue weighted by molar-refractivity contribution is -0.122. The molecule has 2 aliphatic rings. The lowest BCUT2D eigenvalue weighted by Gasteiger charge is -2.35. The lowest BCUT2D eigenvalue weighted by atomic mass is 9.82. The maximum absolute atomic E-state index is 10.7. The Morgan fingerprint density at radius 1 is 1.00 bits per heavy atom. The number of nitrogens with two attached hydrogens (primary N) is 2. The van der Waals surface area contributed by atoms with Gasteiger partial charge in [0.05, 0.1) is 17.3 Å². The van der Waals surface area contributed by atoms with Crippen molar-refractivity contribution in [2.75, 3.05) is 18.8 Å². The fourth-order valence-corrected chi connectivity index (χ4v) is 5.39. The molecule has 0 radical (unpaired) electrons. The smallest absolute Gasteiger partial charge is 0.220 e. The van der Waals surface area contributed by atoms with E-state index in [0.29, 0.717) is 12.0 Å². The van der Waals surface area contributed by atoms with Gasteiger partial charge in [-0.1, -0.05) is 52.0 Å². The highest BCUT2D eigenvalue weighted by Gasteiger charge is 2.24. The summed E-state index contributed by atoms with van der Waals surface area (Å²) >= 11 is 0. The zero-order valence-corrected chi connectivity index (χ0v) is 25.4. The molecule has 1 aliphatic heterocycles. The van der Waals surface area contributed by atoms with Gasteiger partial charge in [0.1, 0.15) is 0 Å². The normalized spacial score (nSPS) is 20.6. The highest BCUT2D eigenvalue weighted by Crippen LogP contribution is 2.31. The Hall–Kier alpha value is -3.37. The lowest BCUT2D eigenvalue weighted by Crippen LogP contribution is -2.39. The van der Waals surface area contributed by atoms with E-state index >= 15 is 0 Å². The van der Waals surface area contributed by atoms with E-state index in [1.165, 1.54) is 37.1 Å². The first kappa shape index (κ1) is 32.8. The minimum Gasteiger partial charge on any atom is -0.397 e. The number of aromatic nitrogens is 2. The van der Waals surface area contributed by atoms with Crippen LogP contribution in [0, 0.1) is 23.2 Å². The maximum Gasteiger partial charge on any atom is 0.220 e. The number of rotatable bonds is 4. The number of likely N-dealkylation sites (tertiary alicyclic amines) is 1. The van der Waals surface area contributed by atoms with Gasteiger partial charge in [0.2, 0.25) is 5.91 Å². The molecule has 7 nitrogen and oxygen atoms in total. The number of hydrogen-bond acceptors (Lipinski definition) is 5. The molecular formula is C33H50N6O. The number of benzene rings is 1. The Bertz CT molecular complexity index is 1200. The molecule has 1 atom stereocenters. The van der Waals surface area contributed by atoms with E-state index < -0.39 is 0 Å². The molecule has 3 heterocycles. The molecule has 5 rings (SSSR count). The highest BCUT2D eigenvalue weighted by molar-refractivity contribution is 5.78. The quantitative estimate of drug-likeness (QED) is 0.365. The van der Waals surface area contributed by atoms with Crippen molar-refractivity contribution in [1.29, 1.82) is 5.26 Å². The highest BCUT2D eigenvalue weighted by atomic mass is 16.1. The van der Waals surface area contributed by atoms with Crippen LogP contribution in [-0.4, -0.2) is 39.6 Å². The van der Waals surface area contributed by atoms with Crippen LogP contribution in [0.15, 0.2) is 48.8 Å². The van der Waals surface area contributed by atoms with E-state index in [4.69, 9.17) is 16.7 Å². The summed E-state index contributed by atoms with van der Waals surface area (Å²) in [6.45, 7) is 15.0. The summed E-state index contributed by atoms with van der Waals surface area (Å²) in [5.41, 5.74) is 16.7. The third-order valence-corrected chi connectivity index (χ3v) is 7.75. The van der Waals surface area contributed by atoms with Crippen LogP contribution in [0.4, 0.5) is 5.69 Å². The van der Waals surface area contributed by atoms with Crippen LogP contribution in [0.25, 0.3) is 16.6 Å². The van der Waals surface area contributed by atoms with E-state index in [1.54, 1.807) is 6.20 Å². The van der Waals surface area contributed by atoms with Crippen LogP contribution in [0.2, 0.25) is 0 Å². The molecule has 1 aromatic carbocycles. The molecule has 40 heavy (non-hydrogen) atoms. The summed E-state index contributed by atoms with van der Waals surface area (Å²) in [7, 11) is 0. The van der Waals surface area contributed by atoms with Gasteiger partial charge in [-0.3, -0.25) is 4.79 Å². The zero-order valence-electron chi connectivity index (χ0n) is 25.4. The van der Waals surface area contributed by atoms with Gasteiger partial charge < -0.3 is 16.4 Å². The number of carbonyl (C=O) groups is 1. The minimum absolute atomic E-state index is 0.0274. The van der Waals surface area contributed by atoms with Gasteiger partial charge in [-0.05, 0) is 88.1 Å². The van der Waals surface area contributed by atoms with Crippen molar-refractivity contribution in [1.82, 2.24) is 14.5 Å². The van der Waals surface area contributed by atoms with Crippen molar-refractivity contribution in [3.8, 4) is 17.2 Å². The number of nitriles is 1. The number of piperidine rings is 1. The number of fused-ring (bicyclic) bond motifs is 1. The standard InChI is InChI=1S/C21H26N4.C8H12N2O.2C2H6/c1-15(2)24-11-3-4-18(13-24)16-5-7-17(8-6-16)19-12-21-20(22)9-10-23-25(21)14-19;9-5-6-1-3-7(4-2-6)8(10)11;2*1-2/h5-10,12,14-15,18H,3-4,11,13,22H2,1-2H3;6-7H,1-4H2,(H2,10,11);2*1-2H3/t18-;;;/m1.../s1. The summed E-state index contributed by atoms with van der Waals surface area (Å²) in [4.78, 5) is 13.3. The van der Waals surface area contributed by atoms with E-state index in [9.17, 15) is 4.79 Å². The van der Waals surface area contributed by atoms with E-state index in [-0.39, 0.29) is 17.7 Å². The Kier molecular flexibility index (Phi) is 13.7. The maximum atomic E-state index is 10.7. The van der Waals surface area contributed by atoms with Crippen LogP contribution < -0.4 is 11.5 Å². The molecule has 1 saturated carbocycles. The molecule has 0 bridgehead atoms. The molecule has 4 N–H and O–H groups in total. The first-order valence-electron chi connectivity index (χ1n) is 15.1. The summed E-state index contributed by atoms with van der Waals surface area (Å²) in [6, 6.07) is 15.8. The number of carbonyl (C=O) groups excluding carboxylic acids is 1. The van der Waals surface area contributed by atoms with E-state index in [0.717, 1.165) is 42.5 Å². The van der Waals surface area contributed by atoms with Gasteiger partial charge in [0.15, 0.2) is 0 Å². The van der Waals surface area contributed by atoms with Crippen molar-refractivity contribution >= 4 is 17.1 Å². The largest absolute Gasteiger partial charge is 0.397 e. The van der Waals surface area contributed by atoms with Gasteiger partial charge in [0, 0.05) is 42.4 Å². The molecule has 1 saturated heterocycles. The van der Waals surface area contributed by atoms with Gasteiger partial charge >= 0.3 is 0 Å². The van der Waals surface area contributed by atoms with Crippen LogP contribution in [-0.2, 0) is 4.79 Å². The van der Waals surface area contributed by atoms with Gasteiger partial charge in [-0.15, -0.1) is 0 Å². The number of nitrogens with zero attached hydrogens (tertiary/aromatic N) is 4. The molecule has 3 aromatic rings. The molecule has 2 aromatic heterocycles. The first-order chi connectivity index (χ1) is 19.4. The van der Waals surface area contributed by atoms with E-state index in [2.05, 4.69) is 60.2 Å². The SMILES string of the molecule is CC.CC.CC(C)N1CCC[C@@H](c2ccc(-c3cc4c(N)ccnn4c3)cc2)C1.N#CC1CCC(C(N)=O)CC1. The second-order valence-electron chi connectivity index (χ2n) is 10.5.